The SMILES string of the molecule is C=CCCC=[N]. The zero-order chi connectivity index (χ0) is 4.83. The van der Waals surface area contributed by atoms with Gasteiger partial charge in [-0.3, -0.25) is 0 Å². The van der Waals surface area contributed by atoms with Crippen LogP contribution in [0.5, 0.6) is 0 Å². The Bertz CT molecular complexity index is 39.9. The second-order valence-electron chi connectivity index (χ2n) is 1.05. The van der Waals surface area contributed by atoms with Gasteiger partial charge in [0, 0.05) is 6.21 Å². The van der Waals surface area contributed by atoms with Crippen molar-refractivity contribution >= 4 is 6.21 Å². The second kappa shape index (κ2) is 4.41. The topological polar surface area (TPSA) is 22.3 Å². The molecule has 0 spiro atoms. The highest BCUT2D eigenvalue weighted by atomic mass is 14.3. The summed E-state index contributed by atoms with van der Waals surface area (Å²) < 4.78 is 0. The molecule has 0 N–H and O–H groups in total. The van der Waals surface area contributed by atoms with Gasteiger partial charge in [0.05, 0.1) is 0 Å². The summed E-state index contributed by atoms with van der Waals surface area (Å²) >= 11 is 0. The minimum absolute atomic E-state index is 0.726. The number of hydrogen-bond acceptors (Lipinski definition) is 0. The average molecular weight is 82.1 g/mol. The van der Waals surface area contributed by atoms with E-state index >= 15 is 0 Å². The fourth-order valence-electron chi connectivity index (χ4n) is 0.192. The van der Waals surface area contributed by atoms with Gasteiger partial charge in [0.15, 0.2) is 0 Å². The van der Waals surface area contributed by atoms with Crippen LogP contribution in [0.3, 0.4) is 0 Å². The lowest BCUT2D eigenvalue weighted by Gasteiger charge is -1.74. The Labute approximate surface area is 38.2 Å². The van der Waals surface area contributed by atoms with Gasteiger partial charge in [-0.15, -0.1) is 6.58 Å². The molecule has 0 rings (SSSR count). The van der Waals surface area contributed by atoms with Crippen LogP contribution in [0, 0.1) is 0 Å². The van der Waals surface area contributed by atoms with Crippen LogP contribution < -0.4 is 5.41 Å². The zero-order valence-corrected chi connectivity index (χ0v) is 3.72. The third-order valence-corrected chi connectivity index (χ3v) is 0.500. The predicted molar refractivity (Wildman–Crippen MR) is 27.6 cm³/mol. The van der Waals surface area contributed by atoms with Gasteiger partial charge in [-0.1, -0.05) is 6.08 Å². The molecule has 0 saturated carbocycles. The highest BCUT2D eigenvalue weighted by Gasteiger charge is 1.68. The van der Waals surface area contributed by atoms with E-state index in [1.54, 1.807) is 6.08 Å². The fraction of sp³-hybridized carbons (Fsp3) is 0.400. The van der Waals surface area contributed by atoms with E-state index in [2.05, 4.69) is 6.58 Å². The number of nitrogens with zero attached hydrogens (tertiary/aromatic N) is 1. The number of unbranched alkanes of at least 4 members (excludes halogenated alkanes) is 1. The Kier molecular flexibility index (Phi) is 3.98. The minimum Gasteiger partial charge on any atom is -0.164 e. The first-order valence-corrected chi connectivity index (χ1v) is 1.98. The van der Waals surface area contributed by atoms with E-state index < -0.39 is 0 Å². The molecule has 0 aromatic rings. The van der Waals surface area contributed by atoms with Gasteiger partial charge in [-0.2, -0.15) is 5.41 Å². The largest absolute Gasteiger partial charge is 0.164 e. The maximum absolute atomic E-state index is 8.02. The van der Waals surface area contributed by atoms with Crippen LogP contribution >= 0.6 is 0 Å². The molecular weight excluding hydrogens is 74.1 g/mol. The third kappa shape index (κ3) is 3.41. The Morgan fingerprint density at radius 2 is 2.17 bits per heavy atom. The van der Waals surface area contributed by atoms with Crippen LogP contribution in [-0.2, 0) is 0 Å². The smallest absolute Gasteiger partial charge is 0.0273 e. The van der Waals surface area contributed by atoms with E-state index in [0.29, 0.717) is 0 Å². The van der Waals surface area contributed by atoms with Crippen LogP contribution in [0.1, 0.15) is 12.8 Å². The minimum atomic E-state index is 0.726. The van der Waals surface area contributed by atoms with Crippen molar-refractivity contribution in [1.82, 2.24) is 5.41 Å². The normalized spacial score (nSPS) is 7.33. The molecule has 0 aliphatic rings. The number of allylic oxidation sites excluding steroid dienone is 1. The van der Waals surface area contributed by atoms with Gasteiger partial charge in [-0.25, -0.2) is 0 Å². The molecule has 0 unspecified atom stereocenters. The van der Waals surface area contributed by atoms with Crippen molar-refractivity contribution in [2.24, 2.45) is 0 Å². The predicted octanol–water partition coefficient (Wildman–Crippen LogP) is 0.824. The van der Waals surface area contributed by atoms with E-state index in [-0.39, 0.29) is 0 Å². The van der Waals surface area contributed by atoms with Gasteiger partial charge in [0.1, 0.15) is 0 Å². The third-order valence-electron chi connectivity index (χ3n) is 0.500. The molecule has 0 fully saturated rings. The lowest BCUT2D eigenvalue weighted by molar-refractivity contribution is 1.12. The quantitative estimate of drug-likeness (QED) is 0.273. The van der Waals surface area contributed by atoms with Crippen molar-refractivity contribution in [2.75, 3.05) is 0 Å². The molecule has 0 amide bonds. The molecule has 33 valence electrons. The summed E-state index contributed by atoms with van der Waals surface area (Å²) in [6, 6.07) is 0. The Hall–Kier alpha value is -0.590. The van der Waals surface area contributed by atoms with E-state index in [1.165, 1.54) is 0 Å². The van der Waals surface area contributed by atoms with Crippen molar-refractivity contribution in [3.8, 4) is 0 Å². The first-order valence-electron chi connectivity index (χ1n) is 1.98. The van der Waals surface area contributed by atoms with Gasteiger partial charge in [0.25, 0.3) is 0 Å². The van der Waals surface area contributed by atoms with Gasteiger partial charge >= 0.3 is 0 Å². The molecule has 0 aliphatic carbocycles. The second-order valence-corrected chi connectivity index (χ2v) is 1.05. The van der Waals surface area contributed by atoms with Crippen LogP contribution in [-0.4, -0.2) is 6.21 Å². The van der Waals surface area contributed by atoms with E-state index in [0.717, 1.165) is 19.1 Å². The molecule has 1 nitrogen and oxygen atoms in total. The van der Waals surface area contributed by atoms with Crippen molar-refractivity contribution in [1.29, 1.82) is 0 Å². The van der Waals surface area contributed by atoms with Gasteiger partial charge in [-0.05, 0) is 12.8 Å². The van der Waals surface area contributed by atoms with Gasteiger partial charge in [0.2, 0.25) is 0 Å². The summed E-state index contributed by atoms with van der Waals surface area (Å²) in [5.74, 6) is 0. The van der Waals surface area contributed by atoms with E-state index in [9.17, 15) is 0 Å². The molecule has 6 heavy (non-hydrogen) atoms. The van der Waals surface area contributed by atoms with Crippen molar-refractivity contribution < 1.29 is 0 Å². The lowest BCUT2D eigenvalue weighted by atomic mass is 10.3. The first kappa shape index (κ1) is 5.41. The number of hydrogen-bond donors (Lipinski definition) is 0. The average Bonchev–Trinajstić information content (AvgIpc) is 1.61. The van der Waals surface area contributed by atoms with Crippen LogP contribution in [0.2, 0.25) is 0 Å². The van der Waals surface area contributed by atoms with E-state index in [1.807, 2.05) is 0 Å². The molecule has 0 aliphatic heterocycles. The maximum Gasteiger partial charge on any atom is 0.0273 e. The molecule has 0 atom stereocenters. The molecule has 0 heterocycles. The van der Waals surface area contributed by atoms with E-state index in [4.69, 9.17) is 5.41 Å². The van der Waals surface area contributed by atoms with Crippen molar-refractivity contribution in [2.45, 2.75) is 12.8 Å². The maximum atomic E-state index is 8.02. The molecule has 0 aromatic carbocycles. The van der Waals surface area contributed by atoms with Crippen LogP contribution in [0.15, 0.2) is 12.7 Å². The highest BCUT2D eigenvalue weighted by molar-refractivity contribution is 5.54. The standard InChI is InChI=1S/C5H8N/c1-2-3-4-5-6/h2,5H,1,3-4H2. The van der Waals surface area contributed by atoms with Crippen molar-refractivity contribution in [3.63, 3.8) is 0 Å². The summed E-state index contributed by atoms with van der Waals surface area (Å²) in [6.07, 6.45) is 4.51. The molecule has 0 saturated heterocycles. The van der Waals surface area contributed by atoms with Crippen molar-refractivity contribution in [3.05, 3.63) is 12.7 Å². The Balaban J connectivity index is 2.66. The van der Waals surface area contributed by atoms with Crippen LogP contribution in [0.25, 0.3) is 0 Å². The Morgan fingerprint density at radius 1 is 1.50 bits per heavy atom. The summed E-state index contributed by atoms with van der Waals surface area (Å²) in [5, 5.41) is 8.02. The summed E-state index contributed by atoms with van der Waals surface area (Å²) in [7, 11) is 0. The Morgan fingerprint density at radius 3 is 2.33 bits per heavy atom. The fourth-order valence-corrected chi connectivity index (χ4v) is 0.192. The lowest BCUT2D eigenvalue weighted by Crippen LogP contribution is -1.69. The number of rotatable bonds is 3. The first-order chi connectivity index (χ1) is 2.91. The van der Waals surface area contributed by atoms with Crippen LogP contribution in [0.4, 0.5) is 0 Å². The molecule has 1 radical (unpaired) electrons. The zero-order valence-electron chi connectivity index (χ0n) is 3.72. The molecule has 0 aromatic heterocycles. The summed E-state index contributed by atoms with van der Waals surface area (Å²) in [4.78, 5) is 0. The monoisotopic (exact) mass is 82.1 g/mol. The molecular formula is C5H8N. The molecule has 1 heteroatoms. The molecule has 0 bridgehead atoms. The summed E-state index contributed by atoms with van der Waals surface area (Å²) in [6.45, 7) is 3.47. The summed E-state index contributed by atoms with van der Waals surface area (Å²) in [5.41, 5.74) is 0. The van der Waals surface area contributed by atoms with Gasteiger partial charge < -0.3 is 0 Å². The highest BCUT2D eigenvalue weighted by Crippen LogP contribution is 1.80.